The van der Waals surface area contributed by atoms with Crippen LogP contribution < -0.4 is 0 Å². The van der Waals surface area contributed by atoms with Crippen molar-refractivity contribution in [3.05, 3.63) is 22.8 Å². The average molecular weight is 410 g/mol. The summed E-state index contributed by atoms with van der Waals surface area (Å²) in [6.07, 6.45) is 0.862. The molecule has 0 aromatic carbocycles. The van der Waals surface area contributed by atoms with Crippen molar-refractivity contribution in [3.8, 4) is 0 Å². The van der Waals surface area contributed by atoms with Crippen LogP contribution in [0, 0.1) is 36.0 Å². The molecule has 0 radical (unpaired) electrons. The van der Waals surface area contributed by atoms with E-state index in [-0.39, 0.29) is 23.8 Å². The molecule has 4 atom stereocenters. The third-order valence-electron chi connectivity index (χ3n) is 7.72. The summed E-state index contributed by atoms with van der Waals surface area (Å²) in [6, 6.07) is 0. The predicted molar refractivity (Wildman–Crippen MR) is 101 cm³/mol. The zero-order valence-electron chi connectivity index (χ0n) is 17.3. The smallest absolute Gasteiger partial charge is 0.433 e. The molecule has 29 heavy (non-hydrogen) atoms. The second kappa shape index (κ2) is 7.24. The van der Waals surface area contributed by atoms with Crippen LogP contribution in [0.3, 0.4) is 0 Å². The van der Waals surface area contributed by atoms with E-state index in [1.165, 1.54) is 26.2 Å². The zero-order valence-corrected chi connectivity index (χ0v) is 17.3. The summed E-state index contributed by atoms with van der Waals surface area (Å²) in [7, 11) is 0. The Bertz CT molecular complexity index is 804. The molecular weight excluding hydrogens is 381 g/mol. The Hall–Kier alpha value is -1.66. The van der Waals surface area contributed by atoms with Crippen LogP contribution in [0.5, 0.6) is 0 Å². The number of ether oxygens (including phenoxy) is 1. The first-order chi connectivity index (χ1) is 13.6. The molecule has 1 aromatic rings. The lowest BCUT2D eigenvalue weighted by Gasteiger charge is -2.60. The largest absolute Gasteiger partial charge is 0.465 e. The first kappa shape index (κ1) is 20.6. The van der Waals surface area contributed by atoms with Crippen molar-refractivity contribution in [2.45, 2.75) is 71.9 Å². The SMILES string of the molecule is Cc1nc2c(c(C(F)(F)F)n1)CC(C(=O)OCC[C@@H]1CC[C@@H]3C[C@H]1C3(C)C)CC2. The Kier molecular flexibility index (Phi) is 5.14. The summed E-state index contributed by atoms with van der Waals surface area (Å²) in [4.78, 5) is 20.3. The average Bonchev–Trinajstić information content (AvgIpc) is 2.66. The summed E-state index contributed by atoms with van der Waals surface area (Å²) >= 11 is 0. The minimum absolute atomic E-state index is 0.00402. The van der Waals surface area contributed by atoms with Gasteiger partial charge in [0, 0.05) is 11.3 Å². The van der Waals surface area contributed by atoms with Crippen molar-refractivity contribution in [1.82, 2.24) is 9.97 Å². The number of halogens is 3. The van der Waals surface area contributed by atoms with E-state index in [1.807, 2.05) is 0 Å². The Balaban J connectivity index is 1.35. The van der Waals surface area contributed by atoms with Crippen LogP contribution in [0.4, 0.5) is 13.2 Å². The summed E-state index contributed by atoms with van der Waals surface area (Å²) in [6.45, 7) is 6.50. The second-order valence-electron chi connectivity index (χ2n) is 9.64. The van der Waals surface area contributed by atoms with Gasteiger partial charge in [-0.3, -0.25) is 4.79 Å². The van der Waals surface area contributed by atoms with Crippen molar-refractivity contribution in [1.29, 1.82) is 0 Å². The van der Waals surface area contributed by atoms with E-state index in [9.17, 15) is 18.0 Å². The fourth-order valence-electron chi connectivity index (χ4n) is 5.91. The van der Waals surface area contributed by atoms with Crippen molar-refractivity contribution in [2.24, 2.45) is 29.1 Å². The van der Waals surface area contributed by atoms with Gasteiger partial charge in [0.2, 0.25) is 0 Å². The van der Waals surface area contributed by atoms with Crippen LogP contribution in [0.15, 0.2) is 0 Å². The lowest BCUT2D eigenvalue weighted by atomic mass is 9.45. The number of hydrogen-bond donors (Lipinski definition) is 0. The lowest BCUT2D eigenvalue weighted by Crippen LogP contribution is -2.52. The molecule has 1 heterocycles. The highest BCUT2D eigenvalue weighted by atomic mass is 19.4. The highest BCUT2D eigenvalue weighted by Gasteiger charge is 2.53. The Morgan fingerprint density at radius 3 is 2.62 bits per heavy atom. The molecule has 1 aromatic heterocycles. The Morgan fingerprint density at radius 2 is 1.97 bits per heavy atom. The van der Waals surface area contributed by atoms with Crippen LogP contribution in [0.25, 0.3) is 0 Å². The molecule has 3 saturated carbocycles. The molecule has 4 aliphatic rings. The minimum atomic E-state index is -4.54. The fourth-order valence-corrected chi connectivity index (χ4v) is 5.91. The highest BCUT2D eigenvalue weighted by Crippen LogP contribution is 2.61. The molecule has 7 heteroatoms. The number of nitrogens with zero attached hydrogens (tertiary/aromatic N) is 2. The Labute approximate surface area is 169 Å². The van der Waals surface area contributed by atoms with E-state index < -0.39 is 17.8 Å². The molecule has 4 aliphatic carbocycles. The number of aryl methyl sites for hydroxylation is 2. The maximum absolute atomic E-state index is 13.4. The molecule has 0 N–H and O–H groups in total. The van der Waals surface area contributed by atoms with Gasteiger partial charge in [-0.15, -0.1) is 0 Å². The van der Waals surface area contributed by atoms with Crippen LogP contribution >= 0.6 is 0 Å². The maximum atomic E-state index is 13.4. The quantitative estimate of drug-likeness (QED) is 0.662. The molecule has 0 amide bonds. The topological polar surface area (TPSA) is 52.1 Å². The van der Waals surface area contributed by atoms with Crippen LogP contribution in [-0.4, -0.2) is 22.5 Å². The van der Waals surface area contributed by atoms with Gasteiger partial charge in [0.1, 0.15) is 5.82 Å². The van der Waals surface area contributed by atoms with E-state index in [0.29, 0.717) is 42.4 Å². The van der Waals surface area contributed by atoms with E-state index in [0.717, 1.165) is 12.3 Å². The number of carbonyl (C=O) groups is 1. The normalized spacial score (nSPS) is 30.3. The molecule has 1 unspecified atom stereocenters. The number of rotatable bonds is 4. The van der Waals surface area contributed by atoms with Crippen LogP contribution in [0.2, 0.25) is 0 Å². The summed E-state index contributed by atoms with van der Waals surface area (Å²) < 4.78 is 45.7. The van der Waals surface area contributed by atoms with Crippen LogP contribution in [-0.2, 0) is 28.5 Å². The highest BCUT2D eigenvalue weighted by molar-refractivity contribution is 5.73. The van der Waals surface area contributed by atoms with Crippen molar-refractivity contribution < 1.29 is 22.7 Å². The fraction of sp³-hybridized carbons (Fsp3) is 0.773. The summed E-state index contributed by atoms with van der Waals surface area (Å²) in [5, 5.41) is 0. The van der Waals surface area contributed by atoms with E-state index in [2.05, 4.69) is 23.8 Å². The first-order valence-corrected chi connectivity index (χ1v) is 10.7. The summed E-state index contributed by atoms with van der Waals surface area (Å²) in [5.41, 5.74) is -0.0308. The monoisotopic (exact) mass is 410 g/mol. The molecule has 0 aliphatic heterocycles. The lowest BCUT2D eigenvalue weighted by molar-refractivity contribution is -0.152. The van der Waals surface area contributed by atoms with Gasteiger partial charge < -0.3 is 4.74 Å². The number of aromatic nitrogens is 2. The zero-order chi connectivity index (χ0) is 21.0. The molecular formula is C22H29F3N2O2. The molecule has 5 rings (SSSR count). The van der Waals surface area contributed by atoms with E-state index >= 15 is 0 Å². The van der Waals surface area contributed by atoms with Gasteiger partial charge in [-0.1, -0.05) is 13.8 Å². The van der Waals surface area contributed by atoms with E-state index in [1.54, 1.807) is 0 Å². The number of hydrogen-bond acceptors (Lipinski definition) is 4. The Morgan fingerprint density at radius 1 is 1.21 bits per heavy atom. The number of carbonyl (C=O) groups excluding carboxylic acids is 1. The van der Waals surface area contributed by atoms with Gasteiger partial charge in [0.25, 0.3) is 0 Å². The first-order valence-electron chi connectivity index (χ1n) is 10.7. The van der Waals surface area contributed by atoms with E-state index in [4.69, 9.17) is 4.74 Å². The number of esters is 1. The van der Waals surface area contributed by atoms with Gasteiger partial charge in [-0.2, -0.15) is 13.2 Å². The number of alkyl halides is 3. The predicted octanol–water partition coefficient (Wildman–Crippen LogP) is 4.91. The van der Waals surface area contributed by atoms with Gasteiger partial charge in [0.15, 0.2) is 5.69 Å². The molecule has 0 spiro atoms. The van der Waals surface area contributed by atoms with Gasteiger partial charge >= 0.3 is 12.1 Å². The molecule has 3 fully saturated rings. The number of fused-ring (bicyclic) bond motifs is 3. The second-order valence-corrected chi connectivity index (χ2v) is 9.64. The maximum Gasteiger partial charge on any atom is 0.433 e. The van der Waals surface area contributed by atoms with Gasteiger partial charge in [-0.05, 0) is 75.0 Å². The van der Waals surface area contributed by atoms with Crippen molar-refractivity contribution >= 4 is 5.97 Å². The van der Waals surface area contributed by atoms with Crippen molar-refractivity contribution in [3.63, 3.8) is 0 Å². The van der Waals surface area contributed by atoms with Crippen molar-refractivity contribution in [2.75, 3.05) is 6.61 Å². The molecule has 4 nitrogen and oxygen atoms in total. The van der Waals surface area contributed by atoms with Gasteiger partial charge in [-0.25, -0.2) is 9.97 Å². The standard InChI is InChI=1S/C22H29F3N2O2/c1-12-26-18-7-5-14(10-16(18)19(27-12)22(23,24)25)20(28)29-9-8-13-4-6-15-11-17(13)21(15,2)3/h13-15,17H,4-11H2,1-3H3/t13-,14?,15+,17+/m0/s1. The third-order valence-corrected chi connectivity index (χ3v) is 7.72. The summed E-state index contributed by atoms with van der Waals surface area (Å²) in [5.74, 6) is 1.31. The minimum Gasteiger partial charge on any atom is -0.465 e. The third kappa shape index (κ3) is 3.77. The molecule has 160 valence electrons. The molecule has 0 saturated heterocycles. The van der Waals surface area contributed by atoms with Crippen LogP contribution in [0.1, 0.15) is 68.7 Å². The molecule has 2 bridgehead atoms. The van der Waals surface area contributed by atoms with Gasteiger partial charge in [0.05, 0.1) is 12.5 Å².